The van der Waals surface area contributed by atoms with Crippen LogP contribution in [0.1, 0.15) is 30.9 Å². The molecule has 14 nitrogen and oxygen atoms in total. The summed E-state index contributed by atoms with van der Waals surface area (Å²) in [6, 6.07) is 13.2. The Balaban J connectivity index is 1.06. The zero-order valence-corrected chi connectivity index (χ0v) is 32.5. The van der Waals surface area contributed by atoms with E-state index in [1.165, 1.54) is 22.3 Å². The number of rotatable bonds is 15. The zero-order valence-electron chi connectivity index (χ0n) is 32.5. The molecule has 58 heavy (non-hydrogen) atoms. The van der Waals surface area contributed by atoms with Crippen molar-refractivity contribution in [2.75, 3.05) is 69.5 Å². The molecule has 1 N–H and O–H groups in total. The first-order chi connectivity index (χ1) is 28.0. The van der Waals surface area contributed by atoms with Crippen molar-refractivity contribution >= 4 is 39.5 Å². The first-order valence-electron chi connectivity index (χ1n) is 19.0. The lowest BCUT2D eigenvalue weighted by atomic mass is 10.0. The molecule has 304 valence electrons. The lowest BCUT2D eigenvalue weighted by Crippen LogP contribution is -2.47. The number of anilines is 2. The number of alkyl halides is 3. The van der Waals surface area contributed by atoms with E-state index >= 15 is 0 Å². The van der Waals surface area contributed by atoms with Gasteiger partial charge in [0.1, 0.15) is 0 Å². The highest BCUT2D eigenvalue weighted by atomic mass is 19.4. The van der Waals surface area contributed by atoms with E-state index < -0.39 is 17.4 Å². The molecule has 17 heteroatoms. The van der Waals surface area contributed by atoms with Crippen molar-refractivity contribution in [2.45, 2.75) is 32.5 Å². The van der Waals surface area contributed by atoms with Gasteiger partial charge in [-0.25, -0.2) is 19.7 Å². The van der Waals surface area contributed by atoms with Crippen LogP contribution in [-0.4, -0.2) is 94.7 Å². The van der Waals surface area contributed by atoms with Crippen molar-refractivity contribution < 1.29 is 32.2 Å². The largest absolute Gasteiger partial charge is 0.481 e. The Kier molecular flexibility index (Phi) is 12.2. The van der Waals surface area contributed by atoms with Gasteiger partial charge in [0, 0.05) is 99.7 Å². The van der Waals surface area contributed by atoms with Crippen molar-refractivity contribution in [3.63, 3.8) is 0 Å². The van der Waals surface area contributed by atoms with Gasteiger partial charge in [0.2, 0.25) is 17.7 Å². The summed E-state index contributed by atoms with van der Waals surface area (Å²) in [7, 11) is 3.10. The molecular weight excluding hydrogens is 756 g/mol. The molecule has 0 bridgehead atoms. The quantitative estimate of drug-likeness (QED) is 0.131. The van der Waals surface area contributed by atoms with Gasteiger partial charge in [-0.05, 0) is 48.4 Å². The predicted octanol–water partition coefficient (Wildman–Crippen LogP) is 5.53. The van der Waals surface area contributed by atoms with E-state index in [0.29, 0.717) is 78.8 Å². The number of nitrogens with zero attached hydrogens (tertiary/aromatic N) is 8. The Labute approximate surface area is 332 Å². The number of fused-ring (bicyclic) bond motifs is 3. The number of carbonyl (C=O) groups excluding carboxylic acids is 1. The van der Waals surface area contributed by atoms with Crippen LogP contribution >= 0.6 is 0 Å². The number of nitrogens with one attached hydrogen (secondary N) is 1. The molecule has 1 fully saturated rings. The van der Waals surface area contributed by atoms with E-state index in [1.54, 1.807) is 48.9 Å². The Morgan fingerprint density at radius 3 is 2.24 bits per heavy atom. The number of imidazole rings is 1. The average molecular weight is 800 g/mol. The van der Waals surface area contributed by atoms with Gasteiger partial charge in [-0.1, -0.05) is 13.0 Å². The van der Waals surface area contributed by atoms with Crippen molar-refractivity contribution in [1.29, 1.82) is 0 Å². The summed E-state index contributed by atoms with van der Waals surface area (Å²) in [6.45, 7) is 5.52. The first kappa shape index (κ1) is 40.1. The van der Waals surface area contributed by atoms with Gasteiger partial charge in [0.15, 0.2) is 0 Å². The van der Waals surface area contributed by atoms with Gasteiger partial charge in [0.25, 0.3) is 0 Å². The highest BCUT2D eigenvalue weighted by Gasteiger charge is 2.36. The van der Waals surface area contributed by atoms with E-state index in [-0.39, 0.29) is 43.3 Å². The van der Waals surface area contributed by atoms with Crippen LogP contribution in [0.5, 0.6) is 5.88 Å². The van der Waals surface area contributed by atoms with Crippen LogP contribution < -0.4 is 25.5 Å². The van der Waals surface area contributed by atoms with Gasteiger partial charge in [-0.15, -0.1) is 0 Å². The van der Waals surface area contributed by atoms with Gasteiger partial charge >= 0.3 is 11.9 Å². The van der Waals surface area contributed by atoms with E-state index in [0.717, 1.165) is 23.6 Å². The third kappa shape index (κ3) is 8.74. The molecule has 1 saturated heterocycles. The molecule has 4 aromatic heterocycles. The van der Waals surface area contributed by atoms with E-state index in [1.807, 2.05) is 36.1 Å². The Bertz CT molecular complexity index is 2430. The maximum atomic E-state index is 14.9. The summed E-state index contributed by atoms with van der Waals surface area (Å²) in [5.74, 6) is 0.745. The molecule has 0 spiro atoms. The number of pyridine rings is 2. The minimum absolute atomic E-state index is 0.0206. The molecule has 0 radical (unpaired) electrons. The molecule has 0 saturated carbocycles. The zero-order chi connectivity index (χ0) is 40.8. The number of hydrogen-bond donors (Lipinski definition) is 1. The molecule has 7 rings (SSSR count). The summed E-state index contributed by atoms with van der Waals surface area (Å²) in [4.78, 5) is 47.3. The Morgan fingerprint density at radius 2 is 1.55 bits per heavy atom. The summed E-state index contributed by atoms with van der Waals surface area (Å²) < 4.78 is 63.3. The van der Waals surface area contributed by atoms with Crippen LogP contribution in [0, 0.1) is 0 Å². The number of aromatic nitrogens is 6. The van der Waals surface area contributed by atoms with Gasteiger partial charge < -0.3 is 29.3 Å². The Morgan fingerprint density at radius 1 is 0.828 bits per heavy atom. The normalized spacial score (nSPS) is 13.4. The van der Waals surface area contributed by atoms with Crippen molar-refractivity contribution in [2.24, 2.45) is 7.05 Å². The standard InChI is InChI=1S/C41H44F3N9O5/c1-4-16-57-18-19-58-17-11-36(54)46-22-27-23-48-39(49-24-27)52-14-12-51(13-15-52)34-9-7-30(21-32(34)41(42,43)44)53-38-31-20-28(29-6-10-37(56-3)47-25-29)5-8-33(31)45-26-35(38)50(2)40(53)55/h5-10,20-21,23-26H,4,11-19,22H2,1-3H3,(H,46,54). The molecular formula is C41H44F3N9O5. The number of benzene rings is 2. The fourth-order valence-electron chi connectivity index (χ4n) is 6.92. The molecule has 5 heterocycles. The fourth-order valence-corrected chi connectivity index (χ4v) is 6.92. The number of amides is 1. The minimum Gasteiger partial charge on any atom is -0.481 e. The SMILES string of the molecule is CCCOCCOCCC(=O)NCc1cnc(N2CCN(c3ccc(-n4c(=O)n(C)c5cnc6ccc(-c7ccc(OC)nc7)cc6c54)cc3C(F)(F)F)CC2)nc1. The number of ether oxygens (including phenoxy) is 3. The summed E-state index contributed by atoms with van der Waals surface area (Å²) in [5, 5.41) is 3.43. The lowest BCUT2D eigenvalue weighted by Gasteiger charge is -2.37. The topological polar surface area (TPSA) is 142 Å². The number of carbonyl (C=O) groups is 1. The number of methoxy groups -OCH3 is 1. The highest BCUT2D eigenvalue weighted by Crippen LogP contribution is 2.39. The third-order valence-electron chi connectivity index (χ3n) is 9.98. The van der Waals surface area contributed by atoms with Crippen LogP contribution in [0.2, 0.25) is 0 Å². The van der Waals surface area contributed by atoms with Crippen LogP contribution in [0.3, 0.4) is 0 Å². The maximum Gasteiger partial charge on any atom is 0.418 e. The van der Waals surface area contributed by atoms with Crippen LogP contribution in [0.25, 0.3) is 38.8 Å². The molecule has 0 unspecified atom stereocenters. The Hall–Kier alpha value is -6.07. The average Bonchev–Trinajstić information content (AvgIpc) is 3.51. The molecule has 1 aliphatic rings. The predicted molar refractivity (Wildman–Crippen MR) is 213 cm³/mol. The summed E-state index contributed by atoms with van der Waals surface area (Å²) >= 11 is 0. The van der Waals surface area contributed by atoms with E-state index in [2.05, 4.69) is 25.3 Å². The smallest absolute Gasteiger partial charge is 0.418 e. The maximum absolute atomic E-state index is 14.9. The second kappa shape index (κ2) is 17.6. The van der Waals surface area contributed by atoms with Gasteiger partial charge in [-0.2, -0.15) is 13.2 Å². The fraction of sp³-hybridized carbons (Fsp3) is 0.366. The number of halogens is 3. The van der Waals surface area contributed by atoms with Crippen LogP contribution in [0.15, 0.2) is 78.1 Å². The number of piperazine rings is 1. The summed E-state index contributed by atoms with van der Waals surface area (Å²) in [6.07, 6.45) is 2.93. The van der Waals surface area contributed by atoms with E-state index in [4.69, 9.17) is 14.2 Å². The monoisotopic (exact) mass is 799 g/mol. The minimum atomic E-state index is -4.71. The number of hydrogen-bond acceptors (Lipinski definition) is 11. The van der Waals surface area contributed by atoms with Gasteiger partial charge in [0.05, 0.1) is 60.9 Å². The molecule has 1 amide bonds. The van der Waals surface area contributed by atoms with Crippen molar-refractivity contribution in [1.82, 2.24) is 34.4 Å². The van der Waals surface area contributed by atoms with Crippen LogP contribution in [-0.2, 0) is 34.0 Å². The summed E-state index contributed by atoms with van der Waals surface area (Å²) in [5.41, 5.74) is 2.54. The molecule has 0 aliphatic carbocycles. The third-order valence-corrected chi connectivity index (χ3v) is 9.98. The molecule has 2 aromatic carbocycles. The highest BCUT2D eigenvalue weighted by molar-refractivity contribution is 6.04. The second-order valence-corrected chi connectivity index (χ2v) is 13.8. The van der Waals surface area contributed by atoms with Crippen molar-refractivity contribution in [3.05, 3.63) is 94.9 Å². The van der Waals surface area contributed by atoms with Crippen LogP contribution in [0.4, 0.5) is 24.8 Å². The molecule has 6 aromatic rings. The van der Waals surface area contributed by atoms with E-state index in [9.17, 15) is 22.8 Å². The van der Waals surface area contributed by atoms with Gasteiger partial charge in [-0.3, -0.25) is 18.9 Å². The number of aryl methyl sites for hydroxylation is 1. The molecule has 1 aliphatic heterocycles. The first-order valence-corrected chi connectivity index (χ1v) is 19.0. The van der Waals surface area contributed by atoms with Crippen molar-refractivity contribution in [3.8, 4) is 22.7 Å². The lowest BCUT2D eigenvalue weighted by molar-refractivity contribution is -0.137. The second-order valence-electron chi connectivity index (χ2n) is 13.8. The molecule has 0 atom stereocenters.